The van der Waals surface area contributed by atoms with Crippen molar-refractivity contribution in [3.63, 3.8) is 0 Å². The molecule has 0 radical (unpaired) electrons. The molecule has 0 saturated heterocycles. The Labute approximate surface area is 87.3 Å². The highest BCUT2D eigenvalue weighted by Crippen LogP contribution is 2.22. The highest BCUT2D eigenvalue weighted by molar-refractivity contribution is 5.73. The fourth-order valence-corrected chi connectivity index (χ4v) is 1.35. The zero-order chi connectivity index (χ0) is 11.6. The van der Waals surface area contributed by atoms with Gasteiger partial charge in [0.1, 0.15) is 5.82 Å². The normalized spacial score (nSPS) is 10.6. The number of rotatable bonds is 3. The summed E-state index contributed by atoms with van der Waals surface area (Å²) in [4.78, 5) is 18.4. The number of hydrogen-bond acceptors (Lipinski definition) is 5. The molecule has 6 heteroatoms. The quantitative estimate of drug-likeness (QED) is 0.664. The zero-order valence-electron chi connectivity index (χ0n) is 8.69. The van der Waals surface area contributed by atoms with Crippen LogP contribution in [0.3, 0.4) is 0 Å². The third-order valence-electron chi connectivity index (χ3n) is 1.96. The number of hydrogen-bond donors (Lipinski definition) is 3. The molecule has 0 aromatic carbocycles. The lowest BCUT2D eigenvalue weighted by atomic mass is 10.0. The van der Waals surface area contributed by atoms with Crippen LogP contribution in [0.25, 0.3) is 0 Å². The molecule has 0 aliphatic heterocycles. The molecule has 0 amide bonds. The molecule has 5 N–H and O–H groups in total. The van der Waals surface area contributed by atoms with E-state index in [0.29, 0.717) is 11.3 Å². The van der Waals surface area contributed by atoms with E-state index in [9.17, 15) is 4.79 Å². The summed E-state index contributed by atoms with van der Waals surface area (Å²) < 4.78 is 0. The van der Waals surface area contributed by atoms with Crippen molar-refractivity contribution in [1.29, 1.82) is 0 Å². The summed E-state index contributed by atoms with van der Waals surface area (Å²) in [6.07, 6.45) is -0.181. The van der Waals surface area contributed by atoms with Crippen LogP contribution in [0.2, 0.25) is 0 Å². The molecule has 0 bridgehead atoms. The average molecular weight is 210 g/mol. The van der Waals surface area contributed by atoms with Crippen LogP contribution in [0, 0.1) is 0 Å². The molecule has 15 heavy (non-hydrogen) atoms. The van der Waals surface area contributed by atoms with Crippen LogP contribution >= 0.6 is 0 Å². The van der Waals surface area contributed by atoms with Gasteiger partial charge in [-0.1, -0.05) is 13.8 Å². The van der Waals surface area contributed by atoms with E-state index < -0.39 is 5.97 Å². The van der Waals surface area contributed by atoms with E-state index in [1.807, 2.05) is 13.8 Å². The minimum Gasteiger partial charge on any atom is -0.481 e. The van der Waals surface area contributed by atoms with Crippen LogP contribution < -0.4 is 11.5 Å². The largest absolute Gasteiger partial charge is 0.481 e. The van der Waals surface area contributed by atoms with E-state index in [2.05, 4.69) is 9.97 Å². The number of nitrogens with two attached hydrogens (primary N) is 2. The van der Waals surface area contributed by atoms with Gasteiger partial charge in [0.25, 0.3) is 0 Å². The van der Waals surface area contributed by atoms with Crippen LogP contribution in [0.5, 0.6) is 0 Å². The molecular formula is C9H14N4O2. The summed E-state index contributed by atoms with van der Waals surface area (Å²) in [7, 11) is 0. The van der Waals surface area contributed by atoms with Gasteiger partial charge in [-0.15, -0.1) is 0 Å². The summed E-state index contributed by atoms with van der Waals surface area (Å²) in [5, 5.41) is 8.72. The fourth-order valence-electron chi connectivity index (χ4n) is 1.35. The third kappa shape index (κ3) is 2.55. The molecule has 82 valence electrons. The summed E-state index contributed by atoms with van der Waals surface area (Å²) in [6, 6.07) is 0. The first-order valence-electron chi connectivity index (χ1n) is 4.55. The first-order chi connectivity index (χ1) is 6.91. The number of carboxylic acids is 1. The SMILES string of the molecule is CC(C)c1nc(N)nc(N)c1CC(=O)O. The second-order valence-electron chi connectivity index (χ2n) is 3.56. The molecule has 0 unspecified atom stereocenters. The lowest BCUT2D eigenvalue weighted by molar-refractivity contribution is -0.136. The number of aliphatic carboxylic acids is 1. The molecule has 0 aliphatic rings. The number of aromatic nitrogens is 2. The van der Waals surface area contributed by atoms with Crippen molar-refractivity contribution in [3.8, 4) is 0 Å². The molecular weight excluding hydrogens is 196 g/mol. The topological polar surface area (TPSA) is 115 Å². The van der Waals surface area contributed by atoms with E-state index >= 15 is 0 Å². The average Bonchev–Trinajstić information content (AvgIpc) is 2.08. The molecule has 0 atom stereocenters. The Balaban J connectivity index is 3.26. The molecule has 6 nitrogen and oxygen atoms in total. The Morgan fingerprint density at radius 3 is 2.47 bits per heavy atom. The van der Waals surface area contributed by atoms with Gasteiger partial charge in [0.15, 0.2) is 0 Å². The molecule has 0 aliphatic carbocycles. The standard InChI is InChI=1S/C9H14N4O2/c1-4(2)7-5(3-6(14)15)8(10)13-9(11)12-7/h4H,3H2,1-2H3,(H,14,15)(H4,10,11,12,13). The second-order valence-corrected chi connectivity index (χ2v) is 3.56. The number of carbonyl (C=O) groups is 1. The maximum atomic E-state index is 10.6. The predicted molar refractivity (Wildman–Crippen MR) is 56.3 cm³/mol. The van der Waals surface area contributed by atoms with Crippen molar-refractivity contribution in [2.45, 2.75) is 26.2 Å². The number of anilines is 2. The van der Waals surface area contributed by atoms with Gasteiger partial charge in [-0.2, -0.15) is 4.98 Å². The summed E-state index contributed by atoms with van der Waals surface area (Å²) in [6.45, 7) is 3.79. The van der Waals surface area contributed by atoms with Crippen LogP contribution in [0.1, 0.15) is 31.0 Å². The summed E-state index contributed by atoms with van der Waals surface area (Å²) >= 11 is 0. The fraction of sp³-hybridized carbons (Fsp3) is 0.444. The summed E-state index contributed by atoms with van der Waals surface area (Å²) in [5.41, 5.74) is 12.1. The first-order valence-corrected chi connectivity index (χ1v) is 4.55. The Kier molecular flexibility index (Phi) is 3.08. The van der Waals surface area contributed by atoms with Gasteiger partial charge in [0, 0.05) is 5.56 Å². The van der Waals surface area contributed by atoms with Gasteiger partial charge >= 0.3 is 5.97 Å². The molecule has 0 spiro atoms. The van der Waals surface area contributed by atoms with Crippen molar-refractivity contribution >= 4 is 17.7 Å². The predicted octanol–water partition coefficient (Wildman–Crippen LogP) is 0.391. The smallest absolute Gasteiger partial charge is 0.308 e. The molecule has 0 saturated carbocycles. The van der Waals surface area contributed by atoms with Gasteiger partial charge in [0.2, 0.25) is 5.95 Å². The highest BCUT2D eigenvalue weighted by Gasteiger charge is 2.16. The highest BCUT2D eigenvalue weighted by atomic mass is 16.4. The zero-order valence-corrected chi connectivity index (χ0v) is 8.69. The van der Waals surface area contributed by atoms with E-state index in [4.69, 9.17) is 16.6 Å². The van der Waals surface area contributed by atoms with Gasteiger partial charge in [-0.05, 0) is 5.92 Å². The Morgan fingerprint density at radius 2 is 2.00 bits per heavy atom. The van der Waals surface area contributed by atoms with Gasteiger partial charge in [0.05, 0.1) is 12.1 Å². The number of nitrogen functional groups attached to an aromatic ring is 2. The summed E-state index contributed by atoms with van der Waals surface area (Å²) in [5.74, 6) is -0.678. The van der Waals surface area contributed by atoms with Crippen LogP contribution in [0.4, 0.5) is 11.8 Å². The molecule has 1 aromatic rings. The maximum Gasteiger partial charge on any atom is 0.308 e. The molecule has 1 heterocycles. The minimum absolute atomic E-state index is 0.0620. The van der Waals surface area contributed by atoms with Crippen molar-refractivity contribution in [2.75, 3.05) is 11.5 Å². The maximum absolute atomic E-state index is 10.6. The Morgan fingerprint density at radius 1 is 1.40 bits per heavy atom. The van der Waals surface area contributed by atoms with Crippen molar-refractivity contribution in [1.82, 2.24) is 9.97 Å². The van der Waals surface area contributed by atoms with E-state index in [-0.39, 0.29) is 24.1 Å². The van der Waals surface area contributed by atoms with E-state index in [0.717, 1.165) is 0 Å². The van der Waals surface area contributed by atoms with Gasteiger partial charge < -0.3 is 16.6 Å². The van der Waals surface area contributed by atoms with E-state index in [1.165, 1.54) is 0 Å². The Hall–Kier alpha value is -1.85. The molecule has 1 aromatic heterocycles. The van der Waals surface area contributed by atoms with E-state index in [1.54, 1.807) is 0 Å². The number of carboxylic acid groups (broad SMARTS) is 1. The van der Waals surface area contributed by atoms with Gasteiger partial charge in [-0.3, -0.25) is 4.79 Å². The van der Waals surface area contributed by atoms with Crippen molar-refractivity contribution < 1.29 is 9.90 Å². The number of nitrogens with zero attached hydrogens (tertiary/aromatic N) is 2. The van der Waals surface area contributed by atoms with Crippen LogP contribution in [-0.2, 0) is 11.2 Å². The van der Waals surface area contributed by atoms with Crippen molar-refractivity contribution in [3.05, 3.63) is 11.3 Å². The lowest BCUT2D eigenvalue weighted by Crippen LogP contribution is -2.13. The third-order valence-corrected chi connectivity index (χ3v) is 1.96. The monoisotopic (exact) mass is 210 g/mol. The molecule has 0 fully saturated rings. The second kappa shape index (κ2) is 4.12. The van der Waals surface area contributed by atoms with Gasteiger partial charge in [-0.25, -0.2) is 4.98 Å². The van der Waals surface area contributed by atoms with Crippen LogP contribution in [0.15, 0.2) is 0 Å². The van der Waals surface area contributed by atoms with Crippen LogP contribution in [-0.4, -0.2) is 21.0 Å². The Bertz CT molecular complexity index is 390. The lowest BCUT2D eigenvalue weighted by Gasteiger charge is -2.12. The van der Waals surface area contributed by atoms with Crippen molar-refractivity contribution in [2.24, 2.45) is 0 Å². The first kappa shape index (κ1) is 11.2. The molecule has 1 rings (SSSR count). The minimum atomic E-state index is -0.961.